The molecule has 4 aromatic rings. The van der Waals surface area contributed by atoms with Crippen LogP contribution in [-0.4, -0.2) is 33.4 Å². The summed E-state index contributed by atoms with van der Waals surface area (Å²) in [6.07, 6.45) is -1.43. The number of amides is 1. The third-order valence-corrected chi connectivity index (χ3v) is 5.87. The van der Waals surface area contributed by atoms with Crippen molar-refractivity contribution in [1.29, 1.82) is 0 Å². The summed E-state index contributed by atoms with van der Waals surface area (Å²) in [6, 6.07) is 12.4. The van der Waals surface area contributed by atoms with Crippen LogP contribution >= 0.6 is 23.4 Å². The standard InChI is InChI=1S/C22H16ClF3N4O2S/c1-32-15-5-2-13(3-6-15)18-11-19-21(27-8-9-30(19)29-18)33-12-20(31)28-17-7-4-14(23)10-16(17)22(24,25)26/h2-11H,12H2,1H3,(H,28,31). The van der Waals surface area contributed by atoms with Crippen molar-refractivity contribution in [1.82, 2.24) is 14.6 Å². The number of nitrogens with one attached hydrogen (secondary N) is 1. The smallest absolute Gasteiger partial charge is 0.418 e. The molecule has 0 spiro atoms. The molecule has 0 saturated heterocycles. The number of halogens is 4. The predicted molar refractivity (Wildman–Crippen MR) is 121 cm³/mol. The van der Waals surface area contributed by atoms with E-state index in [2.05, 4.69) is 15.4 Å². The van der Waals surface area contributed by atoms with Gasteiger partial charge in [0.25, 0.3) is 0 Å². The van der Waals surface area contributed by atoms with Crippen LogP contribution in [0.4, 0.5) is 18.9 Å². The molecule has 2 heterocycles. The second-order valence-electron chi connectivity index (χ2n) is 6.84. The van der Waals surface area contributed by atoms with Crippen molar-refractivity contribution >= 4 is 40.5 Å². The highest BCUT2D eigenvalue weighted by atomic mass is 35.5. The molecule has 0 radical (unpaired) electrons. The molecule has 0 atom stereocenters. The number of carbonyl (C=O) groups is 1. The lowest BCUT2D eigenvalue weighted by molar-refractivity contribution is -0.137. The Labute approximate surface area is 195 Å². The number of carbonyl (C=O) groups excluding carboxylic acids is 1. The maximum Gasteiger partial charge on any atom is 0.418 e. The zero-order valence-corrected chi connectivity index (χ0v) is 18.6. The lowest BCUT2D eigenvalue weighted by Crippen LogP contribution is -2.18. The quantitative estimate of drug-likeness (QED) is 0.344. The number of hydrogen-bond donors (Lipinski definition) is 1. The molecule has 0 aliphatic carbocycles. The SMILES string of the molecule is COc1ccc(-c2cc3c(SCC(=O)Nc4ccc(Cl)cc4C(F)(F)F)nccn3n2)cc1. The van der Waals surface area contributed by atoms with Gasteiger partial charge in [0.2, 0.25) is 5.91 Å². The number of rotatable bonds is 6. The molecule has 0 aliphatic rings. The Morgan fingerprint density at radius 2 is 1.94 bits per heavy atom. The third-order valence-electron chi connectivity index (χ3n) is 4.64. The van der Waals surface area contributed by atoms with E-state index in [4.69, 9.17) is 16.3 Å². The van der Waals surface area contributed by atoms with Gasteiger partial charge in [0.05, 0.1) is 35.3 Å². The molecule has 33 heavy (non-hydrogen) atoms. The Kier molecular flexibility index (Phi) is 6.48. The van der Waals surface area contributed by atoms with E-state index in [1.165, 1.54) is 6.07 Å². The second-order valence-corrected chi connectivity index (χ2v) is 8.25. The van der Waals surface area contributed by atoms with Crippen LogP contribution in [0.5, 0.6) is 5.75 Å². The van der Waals surface area contributed by atoms with E-state index in [0.29, 0.717) is 16.2 Å². The van der Waals surface area contributed by atoms with Crippen LogP contribution in [0.3, 0.4) is 0 Å². The highest BCUT2D eigenvalue weighted by Gasteiger charge is 2.34. The maximum absolute atomic E-state index is 13.2. The van der Waals surface area contributed by atoms with Crippen molar-refractivity contribution in [2.24, 2.45) is 0 Å². The minimum Gasteiger partial charge on any atom is -0.497 e. The van der Waals surface area contributed by atoms with Crippen molar-refractivity contribution < 1.29 is 22.7 Å². The topological polar surface area (TPSA) is 68.5 Å². The minimum absolute atomic E-state index is 0.0704. The van der Waals surface area contributed by atoms with Crippen LogP contribution in [0.25, 0.3) is 16.8 Å². The number of fused-ring (bicyclic) bond motifs is 1. The molecule has 2 aromatic carbocycles. The summed E-state index contributed by atoms with van der Waals surface area (Å²) in [5.41, 5.74) is 0.885. The minimum atomic E-state index is -4.65. The van der Waals surface area contributed by atoms with Gasteiger partial charge in [-0.2, -0.15) is 18.3 Å². The number of ether oxygens (including phenoxy) is 1. The molecule has 0 aliphatic heterocycles. The number of methoxy groups -OCH3 is 1. The first-order valence-corrected chi connectivity index (χ1v) is 10.9. The average molecular weight is 493 g/mol. The highest BCUT2D eigenvalue weighted by molar-refractivity contribution is 8.00. The lowest BCUT2D eigenvalue weighted by atomic mass is 10.1. The van der Waals surface area contributed by atoms with Gasteiger partial charge in [0.1, 0.15) is 10.8 Å². The fourth-order valence-electron chi connectivity index (χ4n) is 3.09. The number of hydrogen-bond acceptors (Lipinski definition) is 5. The van der Waals surface area contributed by atoms with E-state index in [-0.39, 0.29) is 16.5 Å². The molecule has 0 bridgehead atoms. The fraction of sp³-hybridized carbons (Fsp3) is 0.136. The third kappa shape index (κ3) is 5.23. The lowest BCUT2D eigenvalue weighted by Gasteiger charge is -2.14. The average Bonchev–Trinajstić information content (AvgIpc) is 3.23. The number of thioether (sulfide) groups is 1. The van der Waals surface area contributed by atoms with E-state index >= 15 is 0 Å². The van der Waals surface area contributed by atoms with E-state index in [1.807, 2.05) is 30.3 Å². The van der Waals surface area contributed by atoms with Gasteiger partial charge < -0.3 is 10.1 Å². The Hall–Kier alpha value is -3.24. The summed E-state index contributed by atoms with van der Waals surface area (Å²) < 4.78 is 46.5. The van der Waals surface area contributed by atoms with Crippen LogP contribution in [0.1, 0.15) is 5.56 Å². The Morgan fingerprint density at radius 1 is 1.18 bits per heavy atom. The van der Waals surface area contributed by atoms with Gasteiger partial charge in [-0.25, -0.2) is 9.50 Å². The molecule has 0 fully saturated rings. The van der Waals surface area contributed by atoms with Crippen LogP contribution < -0.4 is 10.1 Å². The molecule has 0 saturated carbocycles. The van der Waals surface area contributed by atoms with E-state index in [1.54, 1.807) is 24.0 Å². The summed E-state index contributed by atoms with van der Waals surface area (Å²) in [7, 11) is 1.59. The van der Waals surface area contributed by atoms with Gasteiger partial charge >= 0.3 is 6.18 Å². The molecule has 1 amide bonds. The second kappa shape index (κ2) is 9.32. The van der Waals surface area contributed by atoms with Crippen LogP contribution in [0.2, 0.25) is 5.02 Å². The molecule has 1 N–H and O–H groups in total. The number of aromatic nitrogens is 3. The largest absolute Gasteiger partial charge is 0.497 e. The first kappa shape index (κ1) is 22.9. The molecular weight excluding hydrogens is 477 g/mol. The Bertz CT molecular complexity index is 1310. The van der Waals surface area contributed by atoms with E-state index in [0.717, 1.165) is 35.2 Å². The fourth-order valence-corrected chi connectivity index (χ4v) is 4.04. The van der Waals surface area contributed by atoms with Crippen LogP contribution in [0, 0.1) is 0 Å². The number of nitrogens with zero attached hydrogens (tertiary/aromatic N) is 3. The summed E-state index contributed by atoms with van der Waals surface area (Å²) in [5, 5.41) is 7.28. The highest BCUT2D eigenvalue weighted by Crippen LogP contribution is 2.36. The molecule has 4 rings (SSSR count). The van der Waals surface area contributed by atoms with Crippen molar-refractivity contribution in [3.05, 3.63) is 71.5 Å². The molecular formula is C22H16ClF3N4O2S. The van der Waals surface area contributed by atoms with Crippen molar-refractivity contribution in [3.63, 3.8) is 0 Å². The van der Waals surface area contributed by atoms with Crippen LogP contribution in [0.15, 0.2) is 66.0 Å². The zero-order valence-electron chi connectivity index (χ0n) is 17.1. The van der Waals surface area contributed by atoms with E-state index in [9.17, 15) is 18.0 Å². The first-order valence-electron chi connectivity index (χ1n) is 9.53. The van der Waals surface area contributed by atoms with Gasteiger partial charge in [-0.15, -0.1) is 0 Å². The van der Waals surface area contributed by atoms with Gasteiger partial charge in [0, 0.05) is 23.0 Å². The first-order chi connectivity index (χ1) is 15.7. The molecule has 170 valence electrons. The Morgan fingerprint density at radius 3 is 2.64 bits per heavy atom. The molecule has 2 aromatic heterocycles. The zero-order chi connectivity index (χ0) is 23.6. The Balaban J connectivity index is 1.51. The maximum atomic E-state index is 13.2. The van der Waals surface area contributed by atoms with Gasteiger partial charge in [-0.3, -0.25) is 4.79 Å². The van der Waals surface area contributed by atoms with Crippen molar-refractivity contribution in [2.75, 3.05) is 18.2 Å². The van der Waals surface area contributed by atoms with Crippen molar-refractivity contribution in [3.8, 4) is 17.0 Å². The van der Waals surface area contributed by atoms with E-state index < -0.39 is 17.6 Å². The molecule has 11 heteroatoms. The number of benzene rings is 2. The normalized spacial score (nSPS) is 11.5. The van der Waals surface area contributed by atoms with Crippen LogP contribution in [-0.2, 0) is 11.0 Å². The predicted octanol–water partition coefficient (Wildman–Crippen LogP) is 5.81. The number of alkyl halides is 3. The van der Waals surface area contributed by atoms with Gasteiger partial charge in [0.15, 0.2) is 0 Å². The number of anilines is 1. The van der Waals surface area contributed by atoms with Gasteiger partial charge in [-0.1, -0.05) is 23.4 Å². The summed E-state index contributed by atoms with van der Waals surface area (Å²) in [4.78, 5) is 16.7. The van der Waals surface area contributed by atoms with Gasteiger partial charge in [-0.05, 0) is 48.5 Å². The molecule has 0 unspecified atom stereocenters. The summed E-state index contributed by atoms with van der Waals surface area (Å²) in [5.74, 6) is -0.0253. The molecule has 6 nitrogen and oxygen atoms in total. The monoisotopic (exact) mass is 492 g/mol. The summed E-state index contributed by atoms with van der Waals surface area (Å²) in [6.45, 7) is 0. The summed E-state index contributed by atoms with van der Waals surface area (Å²) >= 11 is 6.77. The van der Waals surface area contributed by atoms with Crippen molar-refractivity contribution in [2.45, 2.75) is 11.2 Å².